The van der Waals surface area contributed by atoms with Gasteiger partial charge < -0.3 is 19.3 Å². The fourth-order valence-electron chi connectivity index (χ4n) is 5.09. The number of benzene rings is 4. The Hall–Kier alpha value is -5.04. The molecule has 1 N–H and O–H groups in total. The van der Waals surface area contributed by atoms with Gasteiger partial charge in [-0.2, -0.15) is 0 Å². The normalized spacial score (nSPS) is 16.0. The zero-order chi connectivity index (χ0) is 29.6. The molecule has 4 aromatic rings. The van der Waals surface area contributed by atoms with Crippen molar-refractivity contribution in [1.29, 1.82) is 0 Å². The number of ketones is 1. The summed E-state index contributed by atoms with van der Waals surface area (Å²) in [6, 6.07) is 28.4. The van der Waals surface area contributed by atoms with Crippen molar-refractivity contribution in [1.82, 2.24) is 0 Å². The number of hydrogen-bond acceptors (Lipinski definition) is 6. The van der Waals surface area contributed by atoms with Crippen LogP contribution in [0.3, 0.4) is 0 Å². The monoisotopic (exact) mass is 563 g/mol. The minimum Gasteiger partial charge on any atom is -0.507 e. The second-order valence-corrected chi connectivity index (χ2v) is 9.86. The topological polar surface area (TPSA) is 85.3 Å². The Morgan fingerprint density at radius 2 is 1.48 bits per heavy atom. The van der Waals surface area contributed by atoms with Crippen LogP contribution in [0.1, 0.15) is 42.1 Å². The average molecular weight is 564 g/mol. The van der Waals surface area contributed by atoms with Gasteiger partial charge >= 0.3 is 0 Å². The van der Waals surface area contributed by atoms with Gasteiger partial charge in [-0.3, -0.25) is 14.5 Å². The quantitative estimate of drug-likeness (QED) is 0.127. The summed E-state index contributed by atoms with van der Waals surface area (Å²) in [4.78, 5) is 28.6. The summed E-state index contributed by atoms with van der Waals surface area (Å²) >= 11 is 0. The number of rotatable bonds is 10. The fourth-order valence-corrected chi connectivity index (χ4v) is 5.09. The second-order valence-electron chi connectivity index (χ2n) is 9.86. The molecular formula is C35H33NO6. The summed E-state index contributed by atoms with van der Waals surface area (Å²) in [6.45, 7) is 6.93. The highest BCUT2D eigenvalue weighted by Gasteiger charge is 2.47. The van der Waals surface area contributed by atoms with Crippen molar-refractivity contribution in [3.63, 3.8) is 0 Å². The van der Waals surface area contributed by atoms with E-state index in [0.29, 0.717) is 53.9 Å². The lowest BCUT2D eigenvalue weighted by Gasteiger charge is -2.26. The molecule has 42 heavy (non-hydrogen) atoms. The van der Waals surface area contributed by atoms with Crippen LogP contribution in [0.2, 0.25) is 0 Å². The van der Waals surface area contributed by atoms with Gasteiger partial charge in [-0.1, -0.05) is 48.5 Å². The minimum absolute atomic E-state index is 0.00665. The Bertz CT molecular complexity index is 1630. The average Bonchev–Trinajstić information content (AvgIpc) is 3.27. The molecule has 0 aromatic heterocycles. The van der Waals surface area contributed by atoms with Crippen molar-refractivity contribution in [2.24, 2.45) is 0 Å². The number of aliphatic hydroxyl groups is 1. The second kappa shape index (κ2) is 12.6. The number of carbonyl (C=O) groups is 2. The molecule has 0 bridgehead atoms. The molecule has 0 spiro atoms. The Morgan fingerprint density at radius 1 is 0.786 bits per heavy atom. The van der Waals surface area contributed by atoms with E-state index in [1.165, 1.54) is 4.90 Å². The van der Waals surface area contributed by atoms with Crippen molar-refractivity contribution in [2.45, 2.75) is 33.4 Å². The van der Waals surface area contributed by atoms with E-state index in [-0.39, 0.29) is 11.3 Å². The van der Waals surface area contributed by atoms with Crippen LogP contribution in [0, 0.1) is 6.92 Å². The van der Waals surface area contributed by atoms with Crippen molar-refractivity contribution in [3.8, 4) is 17.2 Å². The van der Waals surface area contributed by atoms with Crippen LogP contribution in [0.5, 0.6) is 17.2 Å². The highest BCUT2D eigenvalue weighted by Crippen LogP contribution is 2.43. The van der Waals surface area contributed by atoms with E-state index >= 15 is 0 Å². The van der Waals surface area contributed by atoms with Gasteiger partial charge in [-0.05, 0) is 79.9 Å². The summed E-state index contributed by atoms with van der Waals surface area (Å²) in [6.07, 6.45) is 0. The summed E-state index contributed by atoms with van der Waals surface area (Å²) in [5.41, 5.74) is 3.33. The van der Waals surface area contributed by atoms with Gasteiger partial charge in [0.2, 0.25) is 0 Å². The summed E-state index contributed by atoms with van der Waals surface area (Å²) in [5.74, 6) is 0.0467. The lowest BCUT2D eigenvalue weighted by molar-refractivity contribution is -0.132. The number of carbonyl (C=O) groups excluding carboxylic acids is 2. The molecule has 0 saturated carbocycles. The number of anilines is 1. The number of aryl methyl sites for hydroxylation is 1. The molecule has 7 nitrogen and oxygen atoms in total. The Morgan fingerprint density at radius 3 is 2.17 bits per heavy atom. The molecule has 1 heterocycles. The van der Waals surface area contributed by atoms with Gasteiger partial charge in [0.15, 0.2) is 0 Å². The third-order valence-corrected chi connectivity index (χ3v) is 7.02. The number of nitrogens with zero attached hydrogens (tertiary/aromatic N) is 1. The maximum atomic E-state index is 13.6. The van der Waals surface area contributed by atoms with E-state index in [9.17, 15) is 14.7 Å². The smallest absolute Gasteiger partial charge is 0.300 e. The predicted octanol–water partition coefficient (Wildman–Crippen LogP) is 7.00. The van der Waals surface area contributed by atoms with Crippen LogP contribution in [0.15, 0.2) is 103 Å². The molecule has 0 radical (unpaired) electrons. The van der Waals surface area contributed by atoms with Crippen LogP contribution in [-0.2, 0) is 16.2 Å². The minimum atomic E-state index is -0.892. The summed E-state index contributed by atoms with van der Waals surface area (Å²) in [5, 5.41) is 11.6. The lowest BCUT2D eigenvalue weighted by Crippen LogP contribution is -2.29. The van der Waals surface area contributed by atoms with Crippen molar-refractivity contribution >= 4 is 23.1 Å². The molecule has 0 aliphatic carbocycles. The number of hydrogen-bond donors (Lipinski definition) is 1. The van der Waals surface area contributed by atoms with Crippen LogP contribution in [0.25, 0.3) is 5.76 Å². The molecule has 1 aliphatic rings. The van der Waals surface area contributed by atoms with Crippen molar-refractivity contribution < 1.29 is 28.9 Å². The molecule has 1 unspecified atom stereocenters. The Balaban J connectivity index is 1.58. The first-order valence-corrected chi connectivity index (χ1v) is 14.0. The molecular weight excluding hydrogens is 530 g/mol. The molecule has 214 valence electrons. The Labute approximate surface area is 245 Å². The Kier molecular flexibility index (Phi) is 8.58. The highest BCUT2D eigenvalue weighted by atomic mass is 16.5. The van der Waals surface area contributed by atoms with Crippen LogP contribution in [0.4, 0.5) is 5.69 Å². The van der Waals surface area contributed by atoms with Gasteiger partial charge in [-0.15, -0.1) is 0 Å². The maximum absolute atomic E-state index is 13.6. The van der Waals surface area contributed by atoms with E-state index < -0.39 is 17.7 Å². The summed E-state index contributed by atoms with van der Waals surface area (Å²) < 4.78 is 17.4. The van der Waals surface area contributed by atoms with Gasteiger partial charge in [0.1, 0.15) is 29.6 Å². The van der Waals surface area contributed by atoms with Crippen LogP contribution in [-0.4, -0.2) is 30.0 Å². The van der Waals surface area contributed by atoms with Crippen molar-refractivity contribution in [2.75, 3.05) is 18.1 Å². The fraction of sp³-hybridized carbons (Fsp3) is 0.200. The molecule has 1 amide bonds. The molecule has 1 aliphatic heterocycles. The highest BCUT2D eigenvalue weighted by molar-refractivity contribution is 6.51. The number of aliphatic hydroxyl groups excluding tert-OH is 1. The summed E-state index contributed by atoms with van der Waals surface area (Å²) in [7, 11) is 0. The predicted molar refractivity (Wildman–Crippen MR) is 162 cm³/mol. The van der Waals surface area contributed by atoms with Crippen molar-refractivity contribution in [3.05, 3.63) is 125 Å². The lowest BCUT2D eigenvalue weighted by atomic mass is 9.94. The number of amides is 1. The van der Waals surface area contributed by atoms with E-state index in [1.54, 1.807) is 54.6 Å². The first-order valence-electron chi connectivity index (χ1n) is 14.0. The first-order chi connectivity index (χ1) is 20.4. The van der Waals surface area contributed by atoms with Crippen LogP contribution >= 0.6 is 0 Å². The maximum Gasteiger partial charge on any atom is 0.300 e. The number of Topliss-reactive ketones (excluding diaryl/α,β-unsaturated/α-hetero) is 1. The zero-order valence-electron chi connectivity index (χ0n) is 23.9. The number of ether oxygens (including phenoxy) is 3. The first kappa shape index (κ1) is 28.5. The SMILES string of the molecule is CCOc1cccc(C2/C(=C(\O)c3ccc(OCc4ccccc4)c(C)c3)C(=O)C(=O)N2c2cccc(OCC)c2)c1. The molecule has 1 atom stereocenters. The third-order valence-electron chi connectivity index (χ3n) is 7.02. The largest absolute Gasteiger partial charge is 0.507 e. The van der Waals surface area contributed by atoms with Crippen LogP contribution < -0.4 is 19.1 Å². The third kappa shape index (κ3) is 5.86. The molecule has 5 rings (SSSR count). The van der Waals surface area contributed by atoms with E-state index in [4.69, 9.17) is 14.2 Å². The van der Waals surface area contributed by atoms with Gasteiger partial charge in [0, 0.05) is 17.3 Å². The van der Waals surface area contributed by atoms with Gasteiger partial charge in [0.05, 0.1) is 24.8 Å². The van der Waals surface area contributed by atoms with E-state index in [1.807, 2.05) is 63.2 Å². The van der Waals surface area contributed by atoms with Gasteiger partial charge in [0.25, 0.3) is 11.7 Å². The zero-order valence-corrected chi connectivity index (χ0v) is 23.9. The van der Waals surface area contributed by atoms with E-state index in [0.717, 1.165) is 11.1 Å². The molecule has 4 aromatic carbocycles. The molecule has 1 fully saturated rings. The molecule has 7 heteroatoms. The molecule has 1 saturated heterocycles. The van der Waals surface area contributed by atoms with E-state index in [2.05, 4.69) is 0 Å². The van der Waals surface area contributed by atoms with Gasteiger partial charge in [-0.25, -0.2) is 0 Å². The standard InChI is InChI=1S/C35H33NO6/c1-4-40-28-15-9-13-25(20-28)32-31(34(38)35(39)36(32)27-14-10-16-29(21-27)41-5-2)33(37)26-17-18-30(23(3)19-26)42-22-24-11-7-6-8-12-24/h6-21,32,37H,4-5,22H2,1-3H3/b33-31+.